The highest BCUT2D eigenvalue weighted by Gasteiger charge is 2.35. The van der Waals surface area contributed by atoms with Gasteiger partial charge in [-0.05, 0) is 112 Å². The summed E-state index contributed by atoms with van der Waals surface area (Å²) in [4.78, 5) is 34.7. The number of thiazole rings is 1. The fraction of sp³-hybridized carbons (Fsp3) is 0.139. The molecule has 0 spiro atoms. The number of fused-ring (bicyclic) bond motifs is 1. The van der Waals surface area contributed by atoms with E-state index in [2.05, 4.69) is 45.2 Å². The van der Waals surface area contributed by atoms with E-state index in [0.29, 0.717) is 38.0 Å². The summed E-state index contributed by atoms with van der Waals surface area (Å²) in [7, 11) is 0. The lowest BCUT2D eigenvalue weighted by molar-refractivity contribution is -0.138. The predicted molar refractivity (Wildman–Crippen MR) is 207 cm³/mol. The Labute approximate surface area is 312 Å². The molecule has 47 heavy (non-hydrogen) atoms. The van der Waals surface area contributed by atoms with Crippen LogP contribution in [-0.4, -0.2) is 23.4 Å². The number of benzene rings is 4. The molecule has 1 aliphatic rings. The van der Waals surface area contributed by atoms with Crippen molar-refractivity contribution in [2.45, 2.75) is 24.5 Å². The molecule has 1 aromatic heterocycles. The third-order valence-corrected chi connectivity index (χ3v) is 10.8. The Morgan fingerprint density at radius 3 is 2.51 bits per heavy atom. The predicted octanol–water partition coefficient (Wildman–Crippen LogP) is 8.10. The topological polar surface area (TPSA) is 69.9 Å². The molecule has 0 radical (unpaired) electrons. The van der Waals surface area contributed by atoms with Gasteiger partial charge in [-0.1, -0.05) is 77.5 Å². The van der Waals surface area contributed by atoms with Crippen LogP contribution in [-0.2, 0) is 16.1 Å². The van der Waals surface area contributed by atoms with E-state index in [1.54, 1.807) is 23.3 Å². The Bertz CT molecular complexity index is 2180. The molecule has 6 nitrogen and oxygen atoms in total. The van der Waals surface area contributed by atoms with Gasteiger partial charge in [-0.15, -0.1) is 11.8 Å². The summed E-state index contributed by atoms with van der Waals surface area (Å²) in [6.07, 6.45) is 3.86. The van der Waals surface area contributed by atoms with E-state index >= 15 is 0 Å². The van der Waals surface area contributed by atoms with Crippen LogP contribution in [0.3, 0.4) is 0 Å². The van der Waals surface area contributed by atoms with E-state index in [1.807, 2.05) is 103 Å². The molecule has 4 aromatic carbocycles. The number of thioether (sulfide) groups is 1. The number of halogens is 3. The minimum absolute atomic E-state index is 0.191. The molecule has 0 bridgehead atoms. The lowest BCUT2D eigenvalue weighted by Crippen LogP contribution is -2.40. The van der Waals surface area contributed by atoms with Crippen LogP contribution < -0.4 is 19.6 Å². The first-order chi connectivity index (χ1) is 22.8. The number of carbonyl (C=O) groups excluding carboxylic acids is 1. The Balaban J connectivity index is 1.56. The van der Waals surface area contributed by atoms with Gasteiger partial charge in [0.15, 0.2) is 4.80 Å². The van der Waals surface area contributed by atoms with Crippen molar-refractivity contribution in [1.29, 1.82) is 0 Å². The molecule has 0 N–H and O–H groups in total. The second-order valence-electron chi connectivity index (χ2n) is 10.4. The van der Waals surface area contributed by atoms with Crippen molar-refractivity contribution in [3.8, 4) is 5.75 Å². The van der Waals surface area contributed by atoms with Crippen LogP contribution in [0, 0.1) is 7.14 Å². The van der Waals surface area contributed by atoms with Crippen molar-refractivity contribution in [2.24, 2.45) is 4.99 Å². The van der Waals surface area contributed by atoms with Crippen molar-refractivity contribution < 1.29 is 14.3 Å². The number of hydrogen-bond acceptors (Lipinski definition) is 7. The number of esters is 1. The lowest BCUT2D eigenvalue weighted by atomic mass is 9.93. The number of ether oxygens (including phenoxy) is 2. The monoisotopic (exact) mass is 904 g/mol. The van der Waals surface area contributed by atoms with Gasteiger partial charge in [-0.25, -0.2) is 9.79 Å². The van der Waals surface area contributed by atoms with Crippen molar-refractivity contribution in [3.63, 3.8) is 0 Å². The summed E-state index contributed by atoms with van der Waals surface area (Å²) in [5.74, 6) is 0.158. The minimum atomic E-state index is -0.742. The number of carbonyl (C=O) groups is 1. The van der Waals surface area contributed by atoms with E-state index in [0.717, 1.165) is 34.3 Å². The van der Waals surface area contributed by atoms with E-state index < -0.39 is 12.0 Å². The van der Waals surface area contributed by atoms with Gasteiger partial charge < -0.3 is 9.47 Å². The summed E-state index contributed by atoms with van der Waals surface area (Å²) in [6, 6.07) is 28.3. The van der Waals surface area contributed by atoms with Crippen molar-refractivity contribution in [3.05, 3.63) is 151 Å². The molecule has 0 unspecified atom stereocenters. The lowest BCUT2D eigenvalue weighted by Gasteiger charge is -2.26. The Kier molecular flexibility index (Phi) is 10.9. The average Bonchev–Trinajstić information content (AvgIpc) is 3.38. The van der Waals surface area contributed by atoms with Crippen LogP contribution in [0.25, 0.3) is 11.8 Å². The molecule has 0 aliphatic carbocycles. The third-order valence-electron chi connectivity index (χ3n) is 7.40. The largest absolute Gasteiger partial charge is 0.487 e. The normalized spacial score (nSPS) is 14.5. The first-order valence-electron chi connectivity index (χ1n) is 14.6. The van der Waals surface area contributed by atoms with E-state index in [4.69, 9.17) is 26.1 Å². The molecule has 0 fully saturated rings. The van der Waals surface area contributed by atoms with Crippen LogP contribution in [0.4, 0.5) is 0 Å². The molecule has 6 rings (SSSR count). The zero-order valence-electron chi connectivity index (χ0n) is 25.2. The van der Waals surface area contributed by atoms with Crippen LogP contribution in [0.5, 0.6) is 5.75 Å². The first-order valence-corrected chi connectivity index (χ1v) is 19.1. The molecule has 238 valence electrons. The van der Waals surface area contributed by atoms with Crippen molar-refractivity contribution in [2.75, 3.05) is 12.9 Å². The highest BCUT2D eigenvalue weighted by molar-refractivity contribution is 14.1. The smallest absolute Gasteiger partial charge is 0.338 e. The summed E-state index contributed by atoms with van der Waals surface area (Å²) in [5.41, 5.74) is 3.82. The summed E-state index contributed by atoms with van der Waals surface area (Å²) in [6.45, 7) is 2.28. The zero-order valence-corrected chi connectivity index (χ0v) is 31.9. The van der Waals surface area contributed by atoms with Gasteiger partial charge in [-0.3, -0.25) is 9.36 Å². The first kappa shape index (κ1) is 34.0. The fourth-order valence-electron chi connectivity index (χ4n) is 5.31. The Morgan fingerprint density at radius 2 is 1.81 bits per heavy atom. The molecule has 0 saturated carbocycles. The SMILES string of the molecule is CCOC(=O)C1=C(c2ccccc2)N=c2s/c(=C\c3cc(I)cc(I)c3OCc3cccc(Cl)c3)c(=O)n2[C@H]1c1ccc(SC)cc1. The molecule has 1 aliphatic heterocycles. The van der Waals surface area contributed by atoms with Crippen molar-refractivity contribution in [1.82, 2.24) is 4.57 Å². The van der Waals surface area contributed by atoms with E-state index in [-0.39, 0.29) is 12.2 Å². The molecule has 0 saturated heterocycles. The van der Waals surface area contributed by atoms with Crippen molar-refractivity contribution >= 4 is 97.6 Å². The standard InChI is InChI=1S/C36H27ClI2N2O4S2/c1-3-44-35(43)30-31(22-9-5-4-6-10-22)40-36-41(32(30)23-12-14-27(46-2)15-13-23)34(42)29(47-36)18-24-17-26(38)19-28(39)33(24)45-20-21-8-7-11-25(37)16-21/h4-19,32H,3,20H2,1-2H3/b29-18-/t32-/m0/s1. The molecule has 5 aromatic rings. The molecule has 1 atom stereocenters. The van der Waals surface area contributed by atoms with E-state index in [1.165, 1.54) is 11.3 Å². The molecular formula is C36H27ClI2N2O4S2. The Hall–Kier alpha value is -2.91. The highest BCUT2D eigenvalue weighted by Crippen LogP contribution is 2.36. The number of rotatable bonds is 9. The molecule has 11 heteroatoms. The second-order valence-corrected chi connectivity index (χ2v) is 15.2. The zero-order chi connectivity index (χ0) is 33.1. The van der Waals surface area contributed by atoms with Gasteiger partial charge in [0, 0.05) is 24.6 Å². The maximum Gasteiger partial charge on any atom is 0.338 e. The maximum absolute atomic E-state index is 14.4. The van der Waals surface area contributed by atoms with Gasteiger partial charge in [0.05, 0.1) is 32.0 Å². The fourth-order valence-corrected chi connectivity index (χ4v) is 8.96. The minimum Gasteiger partial charge on any atom is -0.487 e. The maximum atomic E-state index is 14.4. The quantitative estimate of drug-likeness (QED) is 0.0851. The summed E-state index contributed by atoms with van der Waals surface area (Å²) in [5, 5.41) is 0.638. The molecular weight excluding hydrogens is 878 g/mol. The van der Waals surface area contributed by atoms with Crippen LogP contribution in [0.15, 0.2) is 111 Å². The number of nitrogens with zero attached hydrogens (tertiary/aromatic N) is 2. The molecule has 0 amide bonds. The van der Waals surface area contributed by atoms with Gasteiger partial charge in [-0.2, -0.15) is 0 Å². The Morgan fingerprint density at radius 1 is 1.04 bits per heavy atom. The van der Waals surface area contributed by atoms with Gasteiger partial charge in [0.25, 0.3) is 5.56 Å². The average molecular weight is 905 g/mol. The van der Waals surface area contributed by atoms with Gasteiger partial charge >= 0.3 is 5.97 Å². The van der Waals surface area contributed by atoms with Crippen LogP contribution in [0.2, 0.25) is 5.02 Å². The second kappa shape index (κ2) is 15.1. The van der Waals surface area contributed by atoms with E-state index in [9.17, 15) is 9.59 Å². The summed E-state index contributed by atoms with van der Waals surface area (Å²) >= 11 is 13.6. The highest BCUT2D eigenvalue weighted by atomic mass is 127. The van der Waals surface area contributed by atoms with Gasteiger partial charge in [0.1, 0.15) is 12.4 Å². The number of hydrogen-bond donors (Lipinski definition) is 0. The summed E-state index contributed by atoms with van der Waals surface area (Å²) < 4.78 is 15.9. The van der Waals surface area contributed by atoms with Gasteiger partial charge in [0.2, 0.25) is 0 Å². The van der Waals surface area contributed by atoms with Crippen LogP contribution >= 0.6 is 79.9 Å². The molecule has 2 heterocycles. The number of aromatic nitrogens is 1. The van der Waals surface area contributed by atoms with Crippen LogP contribution in [0.1, 0.15) is 35.2 Å². The third kappa shape index (κ3) is 7.41.